The van der Waals surface area contributed by atoms with Gasteiger partial charge in [-0.25, -0.2) is 0 Å². The Hall–Kier alpha value is -0.570. The van der Waals surface area contributed by atoms with Gasteiger partial charge in [0.25, 0.3) is 0 Å². The Morgan fingerprint density at radius 1 is 1.41 bits per heavy atom. The summed E-state index contributed by atoms with van der Waals surface area (Å²) in [7, 11) is 1.96. The van der Waals surface area contributed by atoms with Gasteiger partial charge in [-0.05, 0) is 45.0 Å². The van der Waals surface area contributed by atoms with Gasteiger partial charge in [-0.2, -0.15) is 0 Å². The summed E-state index contributed by atoms with van der Waals surface area (Å²) in [6.45, 7) is 7.02. The van der Waals surface area contributed by atoms with Crippen LogP contribution in [0.25, 0.3) is 0 Å². The van der Waals surface area contributed by atoms with Gasteiger partial charge in [0.05, 0.1) is 11.6 Å². The van der Waals surface area contributed by atoms with E-state index in [9.17, 15) is 0 Å². The minimum absolute atomic E-state index is 0.145. The Bertz CT molecular complexity index is 356. The van der Waals surface area contributed by atoms with Crippen LogP contribution >= 0.6 is 11.6 Å². The highest BCUT2D eigenvalue weighted by Gasteiger charge is 2.33. The first-order chi connectivity index (χ1) is 8.07. The number of benzene rings is 1. The smallest absolute Gasteiger partial charge is 0.0845 e. The van der Waals surface area contributed by atoms with Crippen LogP contribution in [0.1, 0.15) is 38.8 Å². The molecule has 0 radical (unpaired) electrons. The Morgan fingerprint density at radius 2 is 2.12 bits per heavy atom. The molecule has 0 aromatic heterocycles. The van der Waals surface area contributed by atoms with Gasteiger partial charge in [0.2, 0.25) is 0 Å². The zero-order chi connectivity index (χ0) is 12.9. The molecule has 96 valence electrons. The van der Waals surface area contributed by atoms with Crippen molar-refractivity contribution >= 4 is 11.6 Å². The predicted octanol–water partition coefficient (Wildman–Crippen LogP) is 3.81. The zero-order valence-electron chi connectivity index (χ0n) is 11.1. The lowest BCUT2D eigenvalue weighted by atomic mass is 9.87. The lowest BCUT2D eigenvalue weighted by Crippen LogP contribution is -2.42. The SMILES string of the molecule is CCOC(C)(CC)C(NC)c1cccc(Cl)c1. The van der Waals surface area contributed by atoms with E-state index in [4.69, 9.17) is 16.3 Å². The van der Waals surface area contributed by atoms with E-state index in [1.807, 2.05) is 32.2 Å². The molecule has 0 amide bonds. The van der Waals surface area contributed by atoms with Gasteiger partial charge in [-0.1, -0.05) is 30.7 Å². The van der Waals surface area contributed by atoms with E-state index in [0.717, 1.165) is 17.0 Å². The molecule has 0 aliphatic carbocycles. The van der Waals surface area contributed by atoms with Crippen LogP contribution in [0, 0.1) is 0 Å². The lowest BCUT2D eigenvalue weighted by molar-refractivity contribution is -0.0546. The van der Waals surface area contributed by atoms with E-state index >= 15 is 0 Å². The Labute approximate surface area is 109 Å². The molecular formula is C14H22ClNO. The highest BCUT2D eigenvalue weighted by atomic mass is 35.5. The van der Waals surface area contributed by atoms with Crippen LogP contribution < -0.4 is 5.32 Å². The molecule has 1 N–H and O–H groups in total. The maximum absolute atomic E-state index is 6.05. The largest absolute Gasteiger partial charge is 0.374 e. The normalized spacial score (nSPS) is 16.5. The van der Waals surface area contributed by atoms with Gasteiger partial charge in [-0.15, -0.1) is 0 Å². The average Bonchev–Trinajstić information content (AvgIpc) is 2.30. The van der Waals surface area contributed by atoms with E-state index < -0.39 is 0 Å². The Morgan fingerprint density at radius 3 is 2.59 bits per heavy atom. The number of hydrogen-bond acceptors (Lipinski definition) is 2. The fourth-order valence-corrected chi connectivity index (χ4v) is 2.43. The summed E-state index contributed by atoms with van der Waals surface area (Å²) in [5.41, 5.74) is 0.951. The minimum Gasteiger partial charge on any atom is -0.374 e. The van der Waals surface area contributed by atoms with Crippen molar-refractivity contribution in [2.45, 2.75) is 38.8 Å². The van der Waals surface area contributed by atoms with Crippen LogP contribution in [0.5, 0.6) is 0 Å². The lowest BCUT2D eigenvalue weighted by Gasteiger charge is -2.37. The maximum Gasteiger partial charge on any atom is 0.0845 e. The predicted molar refractivity (Wildman–Crippen MR) is 73.6 cm³/mol. The molecule has 0 aliphatic heterocycles. The topological polar surface area (TPSA) is 21.3 Å². The molecule has 0 saturated carbocycles. The first kappa shape index (κ1) is 14.5. The van der Waals surface area contributed by atoms with Crippen LogP contribution in [0.3, 0.4) is 0 Å². The van der Waals surface area contributed by atoms with Gasteiger partial charge in [0.1, 0.15) is 0 Å². The zero-order valence-corrected chi connectivity index (χ0v) is 11.8. The van der Waals surface area contributed by atoms with Crippen molar-refractivity contribution in [1.82, 2.24) is 5.32 Å². The number of nitrogens with one attached hydrogen (secondary N) is 1. The number of likely N-dealkylation sites (N-methyl/N-ethyl adjacent to an activating group) is 1. The second kappa shape index (κ2) is 6.39. The van der Waals surface area contributed by atoms with E-state index in [2.05, 4.69) is 25.2 Å². The molecule has 0 heterocycles. The van der Waals surface area contributed by atoms with Crippen molar-refractivity contribution in [3.05, 3.63) is 34.9 Å². The fourth-order valence-electron chi connectivity index (χ4n) is 2.23. The molecule has 1 aromatic rings. The minimum atomic E-state index is -0.214. The quantitative estimate of drug-likeness (QED) is 0.835. The number of ether oxygens (including phenoxy) is 1. The van der Waals surface area contributed by atoms with E-state index in [0.29, 0.717) is 6.61 Å². The Kier molecular flexibility index (Phi) is 5.44. The summed E-state index contributed by atoms with van der Waals surface area (Å²) in [6.07, 6.45) is 0.943. The molecule has 0 saturated heterocycles. The number of hydrogen-bond donors (Lipinski definition) is 1. The summed E-state index contributed by atoms with van der Waals surface area (Å²) >= 11 is 6.05. The fraction of sp³-hybridized carbons (Fsp3) is 0.571. The van der Waals surface area contributed by atoms with Gasteiger partial charge in [0.15, 0.2) is 0 Å². The molecule has 0 bridgehead atoms. The first-order valence-corrected chi connectivity index (χ1v) is 6.51. The summed E-state index contributed by atoms with van der Waals surface area (Å²) < 4.78 is 5.92. The van der Waals surface area contributed by atoms with E-state index in [1.54, 1.807) is 0 Å². The van der Waals surface area contributed by atoms with Crippen LogP contribution in [-0.4, -0.2) is 19.3 Å². The summed E-state index contributed by atoms with van der Waals surface area (Å²) in [5.74, 6) is 0. The molecule has 1 aromatic carbocycles. The maximum atomic E-state index is 6.05. The molecule has 3 heteroatoms. The van der Waals surface area contributed by atoms with Crippen LogP contribution in [-0.2, 0) is 4.74 Å². The third-order valence-corrected chi connectivity index (χ3v) is 3.49. The molecule has 17 heavy (non-hydrogen) atoms. The van der Waals surface area contributed by atoms with Crippen molar-refractivity contribution < 1.29 is 4.74 Å². The average molecular weight is 256 g/mol. The van der Waals surface area contributed by atoms with Gasteiger partial charge >= 0.3 is 0 Å². The molecule has 2 atom stereocenters. The molecule has 0 aliphatic rings. The third-order valence-electron chi connectivity index (χ3n) is 3.26. The molecule has 2 nitrogen and oxygen atoms in total. The second-order valence-corrected chi connectivity index (χ2v) is 4.81. The monoisotopic (exact) mass is 255 g/mol. The van der Waals surface area contributed by atoms with Gasteiger partial charge in [0, 0.05) is 11.6 Å². The highest BCUT2D eigenvalue weighted by molar-refractivity contribution is 6.30. The van der Waals surface area contributed by atoms with Crippen LogP contribution in [0.15, 0.2) is 24.3 Å². The van der Waals surface area contributed by atoms with Crippen LogP contribution in [0.4, 0.5) is 0 Å². The van der Waals surface area contributed by atoms with Gasteiger partial charge < -0.3 is 10.1 Å². The molecular weight excluding hydrogens is 234 g/mol. The van der Waals surface area contributed by atoms with Crippen LogP contribution in [0.2, 0.25) is 5.02 Å². The van der Waals surface area contributed by atoms with E-state index in [1.165, 1.54) is 0 Å². The summed E-state index contributed by atoms with van der Waals surface area (Å²) in [5, 5.41) is 4.10. The molecule has 0 spiro atoms. The summed E-state index contributed by atoms with van der Waals surface area (Å²) in [6, 6.07) is 8.09. The van der Waals surface area contributed by atoms with E-state index in [-0.39, 0.29) is 11.6 Å². The third kappa shape index (κ3) is 3.44. The van der Waals surface area contributed by atoms with Gasteiger partial charge in [-0.3, -0.25) is 0 Å². The first-order valence-electron chi connectivity index (χ1n) is 6.14. The Balaban J connectivity index is 3.04. The van der Waals surface area contributed by atoms with Crippen molar-refractivity contribution in [2.75, 3.05) is 13.7 Å². The molecule has 0 fully saturated rings. The van der Waals surface area contributed by atoms with Crippen molar-refractivity contribution in [3.63, 3.8) is 0 Å². The molecule has 1 rings (SSSR count). The summed E-state index contributed by atoms with van der Waals surface area (Å²) in [4.78, 5) is 0. The standard InChI is InChI=1S/C14H22ClNO/c1-5-14(3,17-6-2)13(16-4)11-8-7-9-12(15)10-11/h7-10,13,16H,5-6H2,1-4H3. The van der Waals surface area contributed by atoms with Crippen molar-refractivity contribution in [1.29, 1.82) is 0 Å². The van der Waals surface area contributed by atoms with Crippen molar-refractivity contribution in [3.8, 4) is 0 Å². The van der Waals surface area contributed by atoms with Crippen molar-refractivity contribution in [2.24, 2.45) is 0 Å². The number of rotatable bonds is 6. The highest BCUT2D eigenvalue weighted by Crippen LogP contribution is 2.32. The number of halogens is 1. The second-order valence-electron chi connectivity index (χ2n) is 4.38. The molecule has 2 unspecified atom stereocenters.